The highest BCUT2D eigenvalue weighted by molar-refractivity contribution is 5.49. The summed E-state index contributed by atoms with van der Waals surface area (Å²) in [5.74, 6) is 0. The van der Waals surface area contributed by atoms with Gasteiger partial charge in [0.2, 0.25) is 0 Å². The van der Waals surface area contributed by atoms with Crippen LogP contribution in [0.4, 0.5) is 0 Å². The maximum absolute atomic E-state index is 10.2. The van der Waals surface area contributed by atoms with E-state index in [1.165, 1.54) is 0 Å². The second kappa shape index (κ2) is 4.00. The molecule has 0 atom stereocenters. The predicted molar refractivity (Wildman–Crippen MR) is 52.0 cm³/mol. The lowest BCUT2D eigenvalue weighted by atomic mass is 10.2. The summed E-state index contributed by atoms with van der Waals surface area (Å²) < 4.78 is 2.00. The number of carbonyl (C=O) groups is 1. The number of hydrogen-bond donors (Lipinski definition) is 0. The van der Waals surface area contributed by atoms with Crippen molar-refractivity contribution in [3.63, 3.8) is 0 Å². The Balaban J connectivity index is 2.20. The standard InChI is InChI=1S/C10H11N3O/c14-6-2-1-3-9-7-12-10-8-11-4-5-13(9)10/h4-8H,1-3H2. The maximum atomic E-state index is 10.2. The Morgan fingerprint density at radius 2 is 2.36 bits per heavy atom. The Morgan fingerprint density at radius 3 is 3.21 bits per heavy atom. The van der Waals surface area contributed by atoms with Crippen LogP contribution in [0.1, 0.15) is 18.5 Å². The number of fused-ring (bicyclic) bond motifs is 1. The molecule has 4 nitrogen and oxygen atoms in total. The fourth-order valence-corrected chi connectivity index (χ4v) is 1.45. The van der Waals surface area contributed by atoms with Crippen LogP contribution < -0.4 is 0 Å². The molecule has 2 aromatic rings. The maximum Gasteiger partial charge on any atom is 0.155 e. The summed E-state index contributed by atoms with van der Waals surface area (Å²) >= 11 is 0. The number of aromatic nitrogens is 3. The third-order valence-electron chi connectivity index (χ3n) is 2.15. The van der Waals surface area contributed by atoms with Crippen molar-refractivity contribution in [3.05, 3.63) is 30.5 Å². The van der Waals surface area contributed by atoms with Crippen molar-refractivity contribution in [1.29, 1.82) is 0 Å². The molecule has 72 valence electrons. The zero-order chi connectivity index (χ0) is 9.80. The topological polar surface area (TPSA) is 47.3 Å². The molecule has 2 rings (SSSR count). The first-order valence-electron chi connectivity index (χ1n) is 4.61. The van der Waals surface area contributed by atoms with Crippen LogP contribution in [0.15, 0.2) is 24.8 Å². The van der Waals surface area contributed by atoms with Gasteiger partial charge in [-0.2, -0.15) is 0 Å². The van der Waals surface area contributed by atoms with E-state index in [9.17, 15) is 4.79 Å². The van der Waals surface area contributed by atoms with E-state index >= 15 is 0 Å². The summed E-state index contributed by atoms with van der Waals surface area (Å²) in [5.41, 5.74) is 1.98. The fraction of sp³-hybridized carbons (Fsp3) is 0.300. The van der Waals surface area contributed by atoms with Crippen molar-refractivity contribution in [2.45, 2.75) is 19.3 Å². The number of unbranched alkanes of at least 4 members (excludes halogenated alkanes) is 1. The van der Waals surface area contributed by atoms with Crippen LogP contribution in [0, 0.1) is 0 Å². The average molecular weight is 189 g/mol. The van der Waals surface area contributed by atoms with Crippen LogP contribution >= 0.6 is 0 Å². The SMILES string of the molecule is O=CCCCc1cnc2cnccn12. The van der Waals surface area contributed by atoms with Crippen LogP contribution in [0.2, 0.25) is 0 Å². The van der Waals surface area contributed by atoms with Gasteiger partial charge in [-0.25, -0.2) is 4.98 Å². The van der Waals surface area contributed by atoms with Crippen molar-refractivity contribution in [1.82, 2.24) is 14.4 Å². The first-order valence-corrected chi connectivity index (χ1v) is 4.61. The van der Waals surface area contributed by atoms with Gasteiger partial charge >= 0.3 is 0 Å². The van der Waals surface area contributed by atoms with E-state index in [4.69, 9.17) is 0 Å². The molecular weight excluding hydrogens is 178 g/mol. The monoisotopic (exact) mass is 189 g/mol. The molecule has 14 heavy (non-hydrogen) atoms. The van der Waals surface area contributed by atoms with Crippen LogP contribution in [0.3, 0.4) is 0 Å². The molecule has 0 amide bonds. The van der Waals surface area contributed by atoms with Gasteiger partial charge in [-0.1, -0.05) is 0 Å². The third kappa shape index (κ3) is 1.64. The average Bonchev–Trinajstić information content (AvgIpc) is 2.63. The number of rotatable bonds is 4. The smallest absolute Gasteiger partial charge is 0.155 e. The van der Waals surface area contributed by atoms with E-state index < -0.39 is 0 Å². The van der Waals surface area contributed by atoms with Crippen molar-refractivity contribution < 1.29 is 4.79 Å². The third-order valence-corrected chi connectivity index (χ3v) is 2.15. The van der Waals surface area contributed by atoms with E-state index in [1.54, 1.807) is 12.4 Å². The molecule has 2 aromatic heterocycles. The van der Waals surface area contributed by atoms with Crippen molar-refractivity contribution >= 4 is 11.9 Å². The van der Waals surface area contributed by atoms with E-state index in [2.05, 4.69) is 9.97 Å². The van der Waals surface area contributed by atoms with Gasteiger partial charge in [-0.15, -0.1) is 0 Å². The molecule has 0 spiro atoms. The fourth-order valence-electron chi connectivity index (χ4n) is 1.45. The minimum Gasteiger partial charge on any atom is -0.303 e. The quantitative estimate of drug-likeness (QED) is 0.537. The highest BCUT2D eigenvalue weighted by Crippen LogP contribution is 2.07. The van der Waals surface area contributed by atoms with Crippen molar-refractivity contribution in [2.24, 2.45) is 0 Å². The largest absolute Gasteiger partial charge is 0.303 e. The second-order valence-corrected chi connectivity index (χ2v) is 3.11. The Kier molecular flexibility index (Phi) is 2.53. The number of aldehydes is 1. The second-order valence-electron chi connectivity index (χ2n) is 3.11. The van der Waals surface area contributed by atoms with Gasteiger partial charge in [0.15, 0.2) is 5.65 Å². The van der Waals surface area contributed by atoms with Gasteiger partial charge in [0, 0.05) is 30.7 Å². The van der Waals surface area contributed by atoms with Crippen LogP contribution in [0.25, 0.3) is 5.65 Å². The lowest BCUT2D eigenvalue weighted by molar-refractivity contribution is -0.107. The summed E-state index contributed by atoms with van der Waals surface area (Å²) in [5, 5.41) is 0. The minimum absolute atomic E-state index is 0.609. The Bertz CT molecular complexity index is 436. The van der Waals surface area contributed by atoms with E-state index in [0.717, 1.165) is 30.5 Å². The molecule has 0 aliphatic carbocycles. The minimum atomic E-state index is 0.609. The number of carbonyl (C=O) groups excluding carboxylic acids is 1. The molecule has 0 fully saturated rings. The summed E-state index contributed by atoms with van der Waals surface area (Å²) in [6.45, 7) is 0. The lowest BCUT2D eigenvalue weighted by Gasteiger charge is -1.98. The molecule has 0 bridgehead atoms. The summed E-state index contributed by atoms with van der Waals surface area (Å²) in [7, 11) is 0. The van der Waals surface area contributed by atoms with Gasteiger partial charge < -0.3 is 9.20 Å². The van der Waals surface area contributed by atoms with Gasteiger partial charge in [-0.3, -0.25) is 4.98 Å². The predicted octanol–water partition coefficient (Wildman–Crippen LogP) is 1.25. The summed E-state index contributed by atoms with van der Waals surface area (Å²) in [6, 6.07) is 0. The van der Waals surface area contributed by atoms with Crippen molar-refractivity contribution in [3.8, 4) is 0 Å². The van der Waals surface area contributed by atoms with Gasteiger partial charge in [0.25, 0.3) is 0 Å². The molecular formula is C10H11N3O. The molecule has 4 heteroatoms. The van der Waals surface area contributed by atoms with E-state index in [1.807, 2.05) is 16.8 Å². The Hall–Kier alpha value is -1.71. The Morgan fingerprint density at radius 1 is 1.43 bits per heavy atom. The molecule has 0 radical (unpaired) electrons. The highest BCUT2D eigenvalue weighted by atomic mass is 16.1. The number of hydrogen-bond acceptors (Lipinski definition) is 3. The van der Waals surface area contributed by atoms with Crippen molar-refractivity contribution in [2.75, 3.05) is 0 Å². The zero-order valence-electron chi connectivity index (χ0n) is 7.76. The van der Waals surface area contributed by atoms with Gasteiger partial charge in [0.05, 0.1) is 6.20 Å². The summed E-state index contributed by atoms with van der Waals surface area (Å²) in [4.78, 5) is 18.4. The van der Waals surface area contributed by atoms with Gasteiger partial charge in [0.1, 0.15) is 6.29 Å². The number of nitrogens with zero attached hydrogens (tertiary/aromatic N) is 3. The van der Waals surface area contributed by atoms with Crippen LogP contribution in [0.5, 0.6) is 0 Å². The van der Waals surface area contributed by atoms with Crippen LogP contribution in [-0.4, -0.2) is 20.7 Å². The number of imidazole rings is 1. The highest BCUT2D eigenvalue weighted by Gasteiger charge is 2.01. The van der Waals surface area contributed by atoms with E-state index in [-0.39, 0.29) is 0 Å². The molecule has 0 aliphatic heterocycles. The molecule has 2 heterocycles. The summed E-state index contributed by atoms with van der Waals surface area (Å²) in [6.07, 6.45) is 10.5. The molecule has 0 aromatic carbocycles. The van der Waals surface area contributed by atoms with E-state index in [0.29, 0.717) is 6.42 Å². The van der Waals surface area contributed by atoms with Gasteiger partial charge in [-0.05, 0) is 12.8 Å². The molecule has 0 saturated carbocycles. The van der Waals surface area contributed by atoms with Crippen LogP contribution in [-0.2, 0) is 11.2 Å². The first-order chi connectivity index (χ1) is 6.92. The molecule has 0 N–H and O–H groups in total. The Labute approximate surface area is 81.6 Å². The first kappa shape index (κ1) is 8.87. The molecule has 0 aliphatic rings. The lowest BCUT2D eigenvalue weighted by Crippen LogP contribution is -1.93. The number of aryl methyl sites for hydroxylation is 1. The zero-order valence-corrected chi connectivity index (χ0v) is 7.76. The molecule has 0 saturated heterocycles. The normalized spacial score (nSPS) is 10.6. The molecule has 0 unspecified atom stereocenters.